The van der Waals surface area contributed by atoms with E-state index >= 15 is 0 Å². The molecule has 2 amide bonds. The number of benzene rings is 1. The first-order chi connectivity index (χ1) is 16.6. The summed E-state index contributed by atoms with van der Waals surface area (Å²) in [4.78, 5) is 35.2. The number of nitrogens with zero attached hydrogens (tertiary/aromatic N) is 3. The molecule has 3 heterocycles. The molecule has 4 rings (SSSR count). The SMILES string of the molecule is CCc1ccc(S(=O)(=O)NC(=O)Nc2ccc(-n3c(C)nc4cc(NC)c(C)cc4c3=O)nc2)s1. The number of amides is 2. The maximum atomic E-state index is 13.2. The number of aromatic nitrogens is 3. The number of aryl methyl sites for hydroxylation is 3. The highest BCUT2D eigenvalue weighted by Gasteiger charge is 2.20. The van der Waals surface area contributed by atoms with Crippen molar-refractivity contribution < 1.29 is 13.2 Å². The number of pyridine rings is 1. The van der Waals surface area contributed by atoms with Crippen LogP contribution in [0.4, 0.5) is 16.2 Å². The summed E-state index contributed by atoms with van der Waals surface area (Å²) in [5.41, 5.74) is 2.37. The standard InChI is InChI=1S/C23H24N6O4S2/c1-5-16-7-9-21(34-16)35(32,33)28-23(31)27-15-6-8-20(25-12-15)29-14(3)26-19-11-18(24-4)13(2)10-17(19)22(29)30/h6-12,24H,5H2,1-4H3,(H2,27,28,31). The predicted octanol–water partition coefficient (Wildman–Crippen LogP) is 3.57. The number of sulfonamides is 1. The number of carbonyl (C=O) groups is 1. The smallest absolute Gasteiger partial charge is 0.333 e. The van der Waals surface area contributed by atoms with Gasteiger partial charge in [0.2, 0.25) is 0 Å². The van der Waals surface area contributed by atoms with E-state index in [1.807, 2.05) is 31.7 Å². The van der Waals surface area contributed by atoms with Crippen molar-refractivity contribution in [1.29, 1.82) is 0 Å². The van der Waals surface area contributed by atoms with E-state index in [1.165, 1.54) is 22.9 Å². The van der Waals surface area contributed by atoms with Crippen LogP contribution in [0.3, 0.4) is 0 Å². The molecule has 3 aromatic heterocycles. The fourth-order valence-corrected chi connectivity index (χ4v) is 5.81. The normalized spacial score (nSPS) is 11.4. The largest absolute Gasteiger partial charge is 0.388 e. The summed E-state index contributed by atoms with van der Waals surface area (Å²) >= 11 is 1.11. The molecule has 0 fully saturated rings. The second-order valence-corrected chi connectivity index (χ2v) is 10.9. The first kappa shape index (κ1) is 24.4. The maximum Gasteiger partial charge on any atom is 0.333 e. The van der Waals surface area contributed by atoms with E-state index in [0.29, 0.717) is 29.0 Å². The second-order valence-electron chi connectivity index (χ2n) is 7.77. The van der Waals surface area contributed by atoms with Crippen LogP contribution < -0.4 is 20.9 Å². The maximum absolute atomic E-state index is 13.2. The lowest BCUT2D eigenvalue weighted by atomic mass is 10.1. The van der Waals surface area contributed by atoms with E-state index in [2.05, 4.69) is 20.6 Å². The summed E-state index contributed by atoms with van der Waals surface area (Å²) in [6.45, 7) is 5.53. The summed E-state index contributed by atoms with van der Waals surface area (Å²) < 4.78 is 28.3. The van der Waals surface area contributed by atoms with Crippen molar-refractivity contribution in [2.75, 3.05) is 17.7 Å². The Balaban J connectivity index is 1.56. The van der Waals surface area contributed by atoms with E-state index < -0.39 is 16.1 Å². The Morgan fingerprint density at radius 1 is 1.14 bits per heavy atom. The second kappa shape index (κ2) is 9.47. The van der Waals surface area contributed by atoms with Crippen LogP contribution >= 0.6 is 11.3 Å². The van der Waals surface area contributed by atoms with Crippen LogP contribution in [0.1, 0.15) is 23.2 Å². The number of anilines is 2. The number of hydrogen-bond donors (Lipinski definition) is 3. The Bertz CT molecular complexity index is 1590. The first-order valence-electron chi connectivity index (χ1n) is 10.7. The molecule has 0 atom stereocenters. The fraction of sp³-hybridized carbons (Fsp3) is 0.217. The highest BCUT2D eigenvalue weighted by Crippen LogP contribution is 2.23. The highest BCUT2D eigenvalue weighted by atomic mass is 32.2. The zero-order valence-electron chi connectivity index (χ0n) is 19.5. The van der Waals surface area contributed by atoms with Gasteiger partial charge in [-0.3, -0.25) is 4.79 Å². The van der Waals surface area contributed by atoms with Gasteiger partial charge in [0, 0.05) is 17.6 Å². The number of fused-ring (bicyclic) bond motifs is 1. The van der Waals surface area contributed by atoms with Crippen molar-refractivity contribution in [2.45, 2.75) is 31.4 Å². The number of thiophene rings is 1. The van der Waals surface area contributed by atoms with Gasteiger partial charge in [0.25, 0.3) is 15.6 Å². The van der Waals surface area contributed by atoms with E-state index in [1.54, 1.807) is 25.1 Å². The number of urea groups is 1. The number of rotatable bonds is 6. The summed E-state index contributed by atoms with van der Waals surface area (Å²) in [6.07, 6.45) is 2.05. The summed E-state index contributed by atoms with van der Waals surface area (Å²) in [5, 5.41) is 5.99. The molecule has 1 aromatic carbocycles. The van der Waals surface area contributed by atoms with Crippen molar-refractivity contribution >= 4 is 49.7 Å². The molecule has 10 nitrogen and oxygen atoms in total. The molecule has 0 saturated carbocycles. The lowest BCUT2D eigenvalue weighted by molar-refractivity contribution is 0.256. The molecule has 35 heavy (non-hydrogen) atoms. The molecule has 0 aliphatic rings. The molecule has 4 aromatic rings. The third-order valence-electron chi connectivity index (χ3n) is 5.36. The number of nitrogens with one attached hydrogen (secondary N) is 3. The van der Waals surface area contributed by atoms with Gasteiger partial charge in [-0.25, -0.2) is 32.5 Å². The fourth-order valence-electron chi connectivity index (χ4n) is 3.61. The molecule has 0 aliphatic heterocycles. The Morgan fingerprint density at radius 3 is 2.54 bits per heavy atom. The minimum absolute atomic E-state index is 0.0636. The van der Waals surface area contributed by atoms with Crippen molar-refractivity contribution in [3.63, 3.8) is 0 Å². The van der Waals surface area contributed by atoms with E-state index in [9.17, 15) is 18.0 Å². The van der Waals surface area contributed by atoms with Crippen molar-refractivity contribution in [3.8, 4) is 5.82 Å². The Hall–Kier alpha value is -3.77. The van der Waals surface area contributed by atoms with Crippen molar-refractivity contribution in [2.24, 2.45) is 0 Å². The molecule has 0 spiro atoms. The van der Waals surface area contributed by atoms with Gasteiger partial charge in [0.1, 0.15) is 15.9 Å². The van der Waals surface area contributed by atoms with Crippen LogP contribution in [0.25, 0.3) is 16.7 Å². The molecule has 0 bridgehead atoms. The Labute approximate surface area is 206 Å². The molecule has 182 valence electrons. The molecule has 3 N–H and O–H groups in total. The summed E-state index contributed by atoms with van der Waals surface area (Å²) in [6, 6.07) is 8.96. The quantitative estimate of drug-likeness (QED) is 0.359. The molecular formula is C23H24N6O4S2. The first-order valence-corrected chi connectivity index (χ1v) is 13.0. The topological polar surface area (TPSA) is 135 Å². The molecule has 0 saturated heterocycles. The molecule has 0 radical (unpaired) electrons. The minimum atomic E-state index is -3.98. The van der Waals surface area contributed by atoms with Crippen LogP contribution in [0.5, 0.6) is 0 Å². The predicted molar refractivity (Wildman–Crippen MR) is 137 cm³/mol. The zero-order valence-corrected chi connectivity index (χ0v) is 21.2. The minimum Gasteiger partial charge on any atom is -0.388 e. The van der Waals surface area contributed by atoms with E-state index in [4.69, 9.17) is 0 Å². The third-order valence-corrected chi connectivity index (χ3v) is 8.42. The number of hydrogen-bond acceptors (Lipinski definition) is 8. The monoisotopic (exact) mass is 512 g/mol. The summed E-state index contributed by atoms with van der Waals surface area (Å²) in [7, 11) is -2.18. The van der Waals surface area contributed by atoms with Crippen molar-refractivity contribution in [3.05, 3.63) is 69.2 Å². The van der Waals surface area contributed by atoms with Gasteiger partial charge in [-0.2, -0.15) is 0 Å². The Kier molecular flexibility index (Phi) is 6.59. The van der Waals surface area contributed by atoms with Crippen LogP contribution in [0.15, 0.2) is 51.6 Å². The van der Waals surface area contributed by atoms with Gasteiger partial charge in [0.05, 0.1) is 22.8 Å². The van der Waals surface area contributed by atoms with Gasteiger partial charge in [0.15, 0.2) is 0 Å². The molecule has 12 heteroatoms. The van der Waals surface area contributed by atoms with Gasteiger partial charge in [-0.05, 0) is 62.2 Å². The van der Waals surface area contributed by atoms with Crippen LogP contribution in [0.2, 0.25) is 0 Å². The van der Waals surface area contributed by atoms with Gasteiger partial charge < -0.3 is 10.6 Å². The van der Waals surface area contributed by atoms with Gasteiger partial charge >= 0.3 is 6.03 Å². The van der Waals surface area contributed by atoms with Crippen LogP contribution in [-0.2, 0) is 16.4 Å². The van der Waals surface area contributed by atoms with Crippen molar-refractivity contribution in [1.82, 2.24) is 19.3 Å². The lowest BCUT2D eigenvalue weighted by Crippen LogP contribution is -2.34. The van der Waals surface area contributed by atoms with Crippen LogP contribution in [0, 0.1) is 13.8 Å². The number of carbonyl (C=O) groups excluding carboxylic acids is 1. The molecular weight excluding hydrogens is 488 g/mol. The average Bonchev–Trinajstić information content (AvgIpc) is 3.31. The zero-order chi connectivity index (χ0) is 25.3. The summed E-state index contributed by atoms with van der Waals surface area (Å²) in [5.74, 6) is 0.773. The average molecular weight is 513 g/mol. The molecule has 0 aliphatic carbocycles. The third kappa shape index (κ3) is 4.88. The molecule has 0 unspecified atom stereocenters. The Morgan fingerprint density at radius 2 is 1.91 bits per heavy atom. The van der Waals surface area contributed by atoms with Gasteiger partial charge in [-0.1, -0.05) is 6.92 Å². The van der Waals surface area contributed by atoms with Crippen LogP contribution in [-0.4, -0.2) is 36.0 Å². The van der Waals surface area contributed by atoms with E-state index in [0.717, 1.165) is 27.5 Å². The highest BCUT2D eigenvalue weighted by molar-refractivity contribution is 7.92. The van der Waals surface area contributed by atoms with E-state index in [-0.39, 0.29) is 15.5 Å². The lowest BCUT2D eigenvalue weighted by Gasteiger charge is -2.13. The van der Waals surface area contributed by atoms with Gasteiger partial charge in [-0.15, -0.1) is 11.3 Å².